The predicted octanol–water partition coefficient (Wildman–Crippen LogP) is 4.96. The molecule has 0 radical (unpaired) electrons. The number of ether oxygens (including phenoxy) is 1. The Labute approximate surface area is 159 Å². The molecule has 3 aromatic rings. The van der Waals surface area contributed by atoms with E-state index in [0.29, 0.717) is 18.4 Å². The molecule has 0 atom stereocenters. The molecule has 1 heterocycles. The minimum absolute atomic E-state index is 0.0818. The van der Waals surface area contributed by atoms with Gasteiger partial charge in [-0.25, -0.2) is 13.8 Å². The summed E-state index contributed by atoms with van der Waals surface area (Å²) < 4.78 is 32.1. The predicted molar refractivity (Wildman–Crippen MR) is 102 cm³/mol. The molecule has 7 heteroatoms. The first kappa shape index (κ1) is 18.7. The van der Waals surface area contributed by atoms with Crippen molar-refractivity contribution in [1.29, 1.82) is 0 Å². The van der Waals surface area contributed by atoms with E-state index in [-0.39, 0.29) is 5.69 Å². The van der Waals surface area contributed by atoms with Crippen LogP contribution in [0.2, 0.25) is 0 Å². The molecule has 0 aliphatic carbocycles. The lowest BCUT2D eigenvalue weighted by Crippen LogP contribution is -2.09. The van der Waals surface area contributed by atoms with Crippen molar-refractivity contribution >= 4 is 29.0 Å². The quantitative estimate of drug-likeness (QED) is 0.609. The van der Waals surface area contributed by atoms with Gasteiger partial charge in [-0.2, -0.15) is 0 Å². The number of amides is 1. The van der Waals surface area contributed by atoms with Crippen LogP contribution in [-0.4, -0.2) is 10.9 Å². The monoisotopic (exact) mass is 386 g/mol. The summed E-state index contributed by atoms with van der Waals surface area (Å²) in [5, 5.41) is 5.29. The Hall–Kier alpha value is -3.06. The highest BCUT2D eigenvalue weighted by atomic mass is 32.1. The van der Waals surface area contributed by atoms with E-state index in [9.17, 15) is 13.6 Å². The number of aromatic nitrogens is 1. The topological polar surface area (TPSA) is 51.2 Å². The van der Waals surface area contributed by atoms with Crippen molar-refractivity contribution in [3.05, 3.63) is 81.8 Å². The van der Waals surface area contributed by atoms with E-state index in [2.05, 4.69) is 10.3 Å². The van der Waals surface area contributed by atoms with Gasteiger partial charge in [0, 0.05) is 17.5 Å². The minimum atomic E-state index is -0.829. The summed E-state index contributed by atoms with van der Waals surface area (Å²) in [6, 6.07) is 10.2. The average molecular weight is 386 g/mol. The van der Waals surface area contributed by atoms with Gasteiger partial charge in [0.15, 0.2) is 0 Å². The van der Waals surface area contributed by atoms with Gasteiger partial charge in [-0.05, 0) is 42.8 Å². The van der Waals surface area contributed by atoms with Crippen LogP contribution in [0.15, 0.2) is 53.9 Å². The second kappa shape index (κ2) is 8.55. The second-order valence-corrected chi connectivity index (χ2v) is 6.73. The highest BCUT2D eigenvalue weighted by molar-refractivity contribution is 7.09. The fraction of sp³-hybridized carbons (Fsp3) is 0.100. The van der Waals surface area contributed by atoms with E-state index in [0.717, 1.165) is 22.3 Å². The number of anilines is 1. The molecule has 1 N–H and O–H groups in total. The van der Waals surface area contributed by atoms with Crippen LogP contribution in [0.3, 0.4) is 0 Å². The third-order valence-electron chi connectivity index (χ3n) is 3.53. The van der Waals surface area contributed by atoms with Crippen molar-refractivity contribution in [2.75, 3.05) is 5.32 Å². The van der Waals surface area contributed by atoms with Crippen molar-refractivity contribution in [1.82, 2.24) is 4.98 Å². The van der Waals surface area contributed by atoms with Crippen molar-refractivity contribution in [2.45, 2.75) is 13.5 Å². The Morgan fingerprint density at radius 2 is 2.11 bits per heavy atom. The number of nitrogens with zero attached hydrogens (tertiary/aromatic N) is 1. The molecule has 27 heavy (non-hydrogen) atoms. The third-order valence-corrected chi connectivity index (χ3v) is 4.35. The summed E-state index contributed by atoms with van der Waals surface area (Å²) in [6.07, 6.45) is 2.85. The zero-order valence-corrected chi connectivity index (χ0v) is 15.2. The third kappa shape index (κ3) is 5.46. The number of halogens is 2. The number of carbonyl (C=O) groups is 1. The Morgan fingerprint density at radius 3 is 2.85 bits per heavy atom. The number of benzene rings is 2. The van der Waals surface area contributed by atoms with Crippen LogP contribution in [0.25, 0.3) is 6.08 Å². The SMILES string of the molecule is Cc1nc(COc2cccc(/C=C/C(=O)Nc3ccc(F)cc3F)c2)cs1. The number of aryl methyl sites for hydroxylation is 1. The molecule has 1 aromatic heterocycles. The Balaban J connectivity index is 1.60. The molecule has 4 nitrogen and oxygen atoms in total. The number of rotatable bonds is 6. The summed E-state index contributed by atoms with van der Waals surface area (Å²) in [5.41, 5.74) is 1.53. The minimum Gasteiger partial charge on any atom is -0.487 e. The van der Waals surface area contributed by atoms with Crippen LogP contribution in [-0.2, 0) is 11.4 Å². The standard InChI is InChI=1S/C20H16F2N2O2S/c1-13-23-16(12-27-13)11-26-17-4-2-3-14(9-17)5-8-20(25)24-19-7-6-15(21)10-18(19)22/h2-10,12H,11H2,1H3,(H,24,25)/b8-5+. The molecule has 2 aromatic carbocycles. The Kier molecular flexibility index (Phi) is 5.93. The van der Waals surface area contributed by atoms with Crippen molar-refractivity contribution in [2.24, 2.45) is 0 Å². The van der Waals surface area contributed by atoms with Gasteiger partial charge in [0.2, 0.25) is 5.91 Å². The largest absolute Gasteiger partial charge is 0.487 e. The number of hydrogen-bond donors (Lipinski definition) is 1. The van der Waals surface area contributed by atoms with Crippen LogP contribution in [0.5, 0.6) is 5.75 Å². The number of thiazole rings is 1. The van der Waals surface area contributed by atoms with E-state index >= 15 is 0 Å². The molecule has 0 bridgehead atoms. The van der Waals surface area contributed by atoms with E-state index in [4.69, 9.17) is 4.74 Å². The molecule has 0 spiro atoms. The zero-order valence-electron chi connectivity index (χ0n) is 14.4. The smallest absolute Gasteiger partial charge is 0.248 e. The first-order valence-corrected chi connectivity index (χ1v) is 8.95. The summed E-state index contributed by atoms with van der Waals surface area (Å²) in [6.45, 7) is 2.30. The van der Waals surface area contributed by atoms with Gasteiger partial charge in [0.25, 0.3) is 0 Å². The van der Waals surface area contributed by atoms with Gasteiger partial charge >= 0.3 is 0 Å². The summed E-state index contributed by atoms with van der Waals surface area (Å²) in [7, 11) is 0. The van der Waals surface area contributed by atoms with Crippen LogP contribution in [0.1, 0.15) is 16.3 Å². The highest BCUT2D eigenvalue weighted by Crippen LogP contribution is 2.18. The molecular formula is C20H16F2N2O2S. The molecule has 0 saturated carbocycles. The highest BCUT2D eigenvalue weighted by Gasteiger charge is 2.06. The number of hydrogen-bond acceptors (Lipinski definition) is 4. The first-order valence-electron chi connectivity index (χ1n) is 8.07. The van der Waals surface area contributed by atoms with Crippen molar-refractivity contribution < 1.29 is 18.3 Å². The van der Waals surface area contributed by atoms with Crippen molar-refractivity contribution in [3.63, 3.8) is 0 Å². The molecule has 0 fully saturated rings. The fourth-order valence-electron chi connectivity index (χ4n) is 2.28. The van der Waals surface area contributed by atoms with E-state index in [1.165, 1.54) is 12.1 Å². The van der Waals surface area contributed by atoms with Gasteiger partial charge in [-0.15, -0.1) is 11.3 Å². The zero-order chi connectivity index (χ0) is 19.2. The van der Waals surface area contributed by atoms with Crippen molar-refractivity contribution in [3.8, 4) is 5.75 Å². The van der Waals surface area contributed by atoms with Crippen LogP contribution >= 0.6 is 11.3 Å². The maximum Gasteiger partial charge on any atom is 0.248 e. The lowest BCUT2D eigenvalue weighted by molar-refractivity contribution is -0.111. The molecule has 3 rings (SSSR count). The maximum absolute atomic E-state index is 13.6. The molecule has 0 saturated heterocycles. The molecule has 0 unspecified atom stereocenters. The van der Waals surface area contributed by atoms with Gasteiger partial charge in [-0.3, -0.25) is 4.79 Å². The Bertz CT molecular complexity index is 986. The van der Waals surface area contributed by atoms with Gasteiger partial charge in [0.1, 0.15) is 24.0 Å². The first-order chi connectivity index (χ1) is 13.0. The molecular weight excluding hydrogens is 370 g/mol. The maximum atomic E-state index is 13.6. The van der Waals surface area contributed by atoms with Gasteiger partial charge in [0.05, 0.1) is 16.4 Å². The summed E-state index contributed by atoms with van der Waals surface area (Å²) >= 11 is 1.56. The van der Waals surface area contributed by atoms with Gasteiger partial charge in [-0.1, -0.05) is 12.1 Å². The van der Waals surface area contributed by atoms with Crippen LogP contribution in [0.4, 0.5) is 14.5 Å². The van der Waals surface area contributed by atoms with E-state index < -0.39 is 17.5 Å². The lowest BCUT2D eigenvalue weighted by atomic mass is 10.2. The Morgan fingerprint density at radius 1 is 1.26 bits per heavy atom. The molecule has 1 amide bonds. The normalized spacial score (nSPS) is 10.9. The summed E-state index contributed by atoms with van der Waals surface area (Å²) in [4.78, 5) is 16.3. The average Bonchev–Trinajstić information content (AvgIpc) is 3.06. The van der Waals surface area contributed by atoms with E-state index in [1.807, 2.05) is 24.4 Å². The molecule has 0 aliphatic rings. The second-order valence-electron chi connectivity index (χ2n) is 5.67. The lowest BCUT2D eigenvalue weighted by Gasteiger charge is -2.05. The number of carbonyl (C=O) groups excluding carboxylic acids is 1. The van der Waals surface area contributed by atoms with Crippen LogP contribution < -0.4 is 10.1 Å². The summed E-state index contributed by atoms with van der Waals surface area (Å²) in [5.74, 6) is -1.41. The van der Waals surface area contributed by atoms with Gasteiger partial charge < -0.3 is 10.1 Å². The fourth-order valence-corrected chi connectivity index (χ4v) is 2.87. The molecule has 138 valence electrons. The van der Waals surface area contributed by atoms with Crippen LogP contribution in [0, 0.1) is 18.6 Å². The van der Waals surface area contributed by atoms with E-state index in [1.54, 1.807) is 29.5 Å². The number of nitrogens with one attached hydrogen (secondary N) is 1. The molecule has 0 aliphatic heterocycles.